The minimum Gasteiger partial charge on any atom is -0.390 e. The van der Waals surface area contributed by atoms with Crippen molar-refractivity contribution in [2.45, 2.75) is 39.2 Å². The molecule has 0 radical (unpaired) electrons. The standard InChI is InChI=1S/C16H21NO3/c1-9-12-4-5-13(18)10(2)14(12)17(15(9)19)7-6-11-8-16(11,3)20/h4-5,9-11,20H,6-8H2,1-3H3. The molecule has 4 atom stereocenters. The van der Waals surface area contributed by atoms with E-state index >= 15 is 0 Å². The summed E-state index contributed by atoms with van der Waals surface area (Å²) in [6.45, 7) is 6.21. The largest absolute Gasteiger partial charge is 0.390 e. The molecule has 0 aromatic rings. The monoisotopic (exact) mass is 275 g/mol. The van der Waals surface area contributed by atoms with Crippen LogP contribution in [0.3, 0.4) is 0 Å². The predicted molar refractivity (Wildman–Crippen MR) is 74.6 cm³/mol. The summed E-state index contributed by atoms with van der Waals surface area (Å²) in [5.74, 6) is 0.0380. The molecule has 1 aliphatic heterocycles. The highest BCUT2D eigenvalue weighted by molar-refractivity contribution is 5.99. The van der Waals surface area contributed by atoms with Gasteiger partial charge in [0.2, 0.25) is 5.91 Å². The molecule has 108 valence electrons. The number of carbonyl (C=O) groups is 2. The Hall–Kier alpha value is -1.42. The fourth-order valence-electron chi connectivity index (χ4n) is 3.40. The van der Waals surface area contributed by atoms with Crippen molar-refractivity contribution >= 4 is 11.7 Å². The summed E-state index contributed by atoms with van der Waals surface area (Å²) in [6, 6.07) is 0. The number of carbonyl (C=O) groups excluding carboxylic acids is 2. The van der Waals surface area contributed by atoms with E-state index in [-0.39, 0.29) is 29.4 Å². The van der Waals surface area contributed by atoms with Crippen molar-refractivity contribution in [3.8, 4) is 0 Å². The van der Waals surface area contributed by atoms with Crippen LogP contribution < -0.4 is 0 Å². The van der Waals surface area contributed by atoms with Gasteiger partial charge in [-0.2, -0.15) is 0 Å². The number of ketones is 1. The van der Waals surface area contributed by atoms with E-state index in [1.54, 1.807) is 17.1 Å². The Bertz CT molecular complexity index is 544. The highest BCUT2D eigenvalue weighted by atomic mass is 16.3. The first-order chi connectivity index (χ1) is 9.33. The number of hydrogen-bond donors (Lipinski definition) is 1. The Labute approximate surface area is 119 Å². The van der Waals surface area contributed by atoms with E-state index in [0.29, 0.717) is 6.54 Å². The van der Waals surface area contributed by atoms with Gasteiger partial charge in [0.25, 0.3) is 0 Å². The van der Waals surface area contributed by atoms with Crippen molar-refractivity contribution < 1.29 is 14.7 Å². The molecule has 0 spiro atoms. The van der Waals surface area contributed by atoms with E-state index in [1.165, 1.54) is 0 Å². The third-order valence-corrected chi connectivity index (χ3v) is 5.03. The molecule has 4 unspecified atom stereocenters. The first-order valence-electron chi connectivity index (χ1n) is 7.32. The van der Waals surface area contributed by atoms with E-state index in [2.05, 4.69) is 0 Å². The Balaban J connectivity index is 1.79. The summed E-state index contributed by atoms with van der Waals surface area (Å²) in [7, 11) is 0. The van der Waals surface area contributed by atoms with Crippen molar-refractivity contribution in [2.24, 2.45) is 17.8 Å². The molecule has 0 aromatic heterocycles. The van der Waals surface area contributed by atoms with Gasteiger partial charge in [-0.15, -0.1) is 0 Å². The highest BCUT2D eigenvalue weighted by Gasteiger charge is 2.49. The van der Waals surface area contributed by atoms with Crippen molar-refractivity contribution in [1.29, 1.82) is 0 Å². The van der Waals surface area contributed by atoms with Gasteiger partial charge < -0.3 is 10.0 Å². The summed E-state index contributed by atoms with van der Waals surface area (Å²) in [5, 5.41) is 9.83. The quantitative estimate of drug-likeness (QED) is 0.852. The molecule has 4 heteroatoms. The zero-order valence-electron chi connectivity index (χ0n) is 12.2. The molecule has 4 nitrogen and oxygen atoms in total. The SMILES string of the molecule is CC1C(=O)N(CCC2CC2(C)O)C2=C1C=CC(=O)C2C. The fraction of sp³-hybridized carbons (Fsp3) is 0.625. The van der Waals surface area contributed by atoms with Gasteiger partial charge in [0, 0.05) is 12.2 Å². The fourth-order valence-corrected chi connectivity index (χ4v) is 3.40. The van der Waals surface area contributed by atoms with E-state index in [0.717, 1.165) is 24.1 Å². The van der Waals surface area contributed by atoms with Crippen LogP contribution in [0.5, 0.6) is 0 Å². The van der Waals surface area contributed by atoms with Crippen molar-refractivity contribution in [1.82, 2.24) is 4.90 Å². The second kappa shape index (κ2) is 4.29. The molecular formula is C16H21NO3. The van der Waals surface area contributed by atoms with Crippen molar-refractivity contribution in [3.63, 3.8) is 0 Å². The van der Waals surface area contributed by atoms with Crippen LogP contribution in [-0.2, 0) is 9.59 Å². The van der Waals surface area contributed by atoms with Gasteiger partial charge in [-0.25, -0.2) is 0 Å². The number of amides is 1. The van der Waals surface area contributed by atoms with Crippen LogP contribution in [-0.4, -0.2) is 33.8 Å². The second-order valence-corrected chi connectivity index (χ2v) is 6.56. The molecule has 1 saturated carbocycles. The van der Waals surface area contributed by atoms with Gasteiger partial charge in [0.1, 0.15) is 0 Å². The zero-order valence-corrected chi connectivity index (χ0v) is 12.2. The molecule has 1 fully saturated rings. The lowest BCUT2D eigenvalue weighted by Gasteiger charge is -2.25. The molecule has 1 heterocycles. The van der Waals surface area contributed by atoms with E-state index in [9.17, 15) is 14.7 Å². The summed E-state index contributed by atoms with van der Waals surface area (Å²) in [6.07, 6.45) is 4.99. The molecule has 0 saturated heterocycles. The topological polar surface area (TPSA) is 57.6 Å². The lowest BCUT2D eigenvalue weighted by Crippen LogP contribution is -2.33. The van der Waals surface area contributed by atoms with Gasteiger partial charge in [-0.3, -0.25) is 9.59 Å². The minimum absolute atomic E-state index is 0.0640. The van der Waals surface area contributed by atoms with Crippen LogP contribution >= 0.6 is 0 Å². The Morgan fingerprint density at radius 3 is 2.55 bits per heavy atom. The van der Waals surface area contributed by atoms with Gasteiger partial charge in [-0.1, -0.05) is 6.08 Å². The maximum absolute atomic E-state index is 12.4. The summed E-state index contributed by atoms with van der Waals surface area (Å²) in [5.41, 5.74) is 1.32. The summed E-state index contributed by atoms with van der Waals surface area (Å²) < 4.78 is 0. The lowest BCUT2D eigenvalue weighted by molar-refractivity contribution is -0.130. The maximum Gasteiger partial charge on any atom is 0.234 e. The Kier molecular flexibility index (Phi) is 2.91. The van der Waals surface area contributed by atoms with Crippen LogP contribution in [0, 0.1) is 17.8 Å². The molecule has 0 bridgehead atoms. The van der Waals surface area contributed by atoms with E-state index < -0.39 is 5.60 Å². The van der Waals surface area contributed by atoms with Gasteiger partial charge in [0.05, 0.1) is 17.4 Å². The molecule has 3 rings (SSSR count). The normalized spacial score (nSPS) is 39.6. The summed E-state index contributed by atoms with van der Waals surface area (Å²) in [4.78, 5) is 26.0. The van der Waals surface area contributed by atoms with Gasteiger partial charge >= 0.3 is 0 Å². The highest BCUT2D eigenvalue weighted by Crippen LogP contribution is 2.46. The number of rotatable bonds is 3. The Morgan fingerprint density at radius 1 is 1.30 bits per heavy atom. The smallest absolute Gasteiger partial charge is 0.234 e. The number of allylic oxidation sites excluding steroid dienone is 3. The first kappa shape index (κ1) is 13.6. The van der Waals surface area contributed by atoms with Crippen molar-refractivity contribution in [3.05, 3.63) is 23.4 Å². The molecule has 1 amide bonds. The zero-order chi connectivity index (χ0) is 14.7. The maximum atomic E-state index is 12.4. The third kappa shape index (κ3) is 1.94. The molecule has 3 aliphatic rings. The second-order valence-electron chi connectivity index (χ2n) is 6.56. The Morgan fingerprint density at radius 2 is 1.95 bits per heavy atom. The lowest BCUT2D eigenvalue weighted by atomic mass is 9.89. The first-order valence-corrected chi connectivity index (χ1v) is 7.32. The molecular weight excluding hydrogens is 254 g/mol. The molecule has 20 heavy (non-hydrogen) atoms. The number of aliphatic hydroxyl groups is 1. The van der Waals surface area contributed by atoms with Crippen LogP contribution in [0.4, 0.5) is 0 Å². The predicted octanol–water partition coefficient (Wildman–Crippen LogP) is 1.65. The van der Waals surface area contributed by atoms with Gasteiger partial charge in [0.15, 0.2) is 5.78 Å². The molecule has 2 aliphatic carbocycles. The van der Waals surface area contributed by atoms with Gasteiger partial charge in [-0.05, 0) is 51.2 Å². The van der Waals surface area contributed by atoms with E-state index in [1.807, 2.05) is 20.8 Å². The van der Waals surface area contributed by atoms with E-state index in [4.69, 9.17) is 0 Å². The van der Waals surface area contributed by atoms with Crippen LogP contribution in [0.1, 0.15) is 33.6 Å². The number of nitrogens with zero attached hydrogens (tertiary/aromatic N) is 1. The van der Waals surface area contributed by atoms with Crippen molar-refractivity contribution in [2.75, 3.05) is 6.54 Å². The molecule has 1 N–H and O–H groups in total. The van der Waals surface area contributed by atoms with Crippen LogP contribution in [0.15, 0.2) is 23.4 Å². The number of hydrogen-bond acceptors (Lipinski definition) is 3. The average molecular weight is 275 g/mol. The van der Waals surface area contributed by atoms with Crippen LogP contribution in [0.2, 0.25) is 0 Å². The van der Waals surface area contributed by atoms with Crippen LogP contribution in [0.25, 0.3) is 0 Å². The average Bonchev–Trinajstić information content (AvgIpc) is 2.92. The summed E-state index contributed by atoms with van der Waals surface area (Å²) >= 11 is 0. The minimum atomic E-state index is -0.556. The molecule has 0 aromatic carbocycles. The third-order valence-electron chi connectivity index (χ3n) is 5.03.